The summed E-state index contributed by atoms with van der Waals surface area (Å²) in [5.41, 5.74) is 3.50. The summed E-state index contributed by atoms with van der Waals surface area (Å²) in [6.07, 6.45) is 16.1. The maximum atomic E-state index is 10.1. The van der Waals surface area contributed by atoms with Crippen molar-refractivity contribution in [1.82, 2.24) is 0 Å². The van der Waals surface area contributed by atoms with Gasteiger partial charge in [0.2, 0.25) is 0 Å². The molecule has 0 saturated heterocycles. The Kier molecular flexibility index (Phi) is 7.69. The van der Waals surface area contributed by atoms with Gasteiger partial charge in [-0.2, -0.15) is 0 Å². The summed E-state index contributed by atoms with van der Waals surface area (Å²) >= 11 is 0. The van der Waals surface area contributed by atoms with E-state index in [1.165, 1.54) is 43.3 Å². The number of hydrogen-bond acceptors (Lipinski definition) is 3. The standard InChI is InChI=1S/C27H44O3/c1-19-9-12-23(29)17-22(19)11-10-21-8-6-16-27(4)24(13-14-25(21)27)20(2)7-5-15-26(3,30)18-28/h10-11,20,23-25,28-30H,1,5-9,12-18H2,2-4H3/b21-10?,22-11-/t20-,23+,24-,25?,26?,27-/m1/s1. The lowest BCUT2D eigenvalue weighted by Crippen LogP contribution is -2.36. The van der Waals surface area contributed by atoms with Crippen LogP contribution in [-0.4, -0.2) is 33.6 Å². The zero-order valence-electron chi connectivity index (χ0n) is 19.5. The highest BCUT2D eigenvalue weighted by molar-refractivity contribution is 5.36. The summed E-state index contributed by atoms with van der Waals surface area (Å²) in [4.78, 5) is 0. The van der Waals surface area contributed by atoms with Gasteiger partial charge < -0.3 is 15.3 Å². The quantitative estimate of drug-likeness (QED) is 0.498. The Balaban J connectivity index is 1.66. The number of aliphatic hydroxyl groups is 3. The molecule has 0 bridgehead atoms. The molecule has 0 aliphatic heterocycles. The second-order valence-electron chi connectivity index (χ2n) is 11.1. The number of fused-ring (bicyclic) bond motifs is 1. The minimum Gasteiger partial charge on any atom is -0.393 e. The SMILES string of the molecule is C=C1CC[C@H](O)C/C1=C/C=C1CCC[C@@]2(C)C1CC[C@@H]2[C@H](C)CCCC(C)(O)CO. The van der Waals surface area contributed by atoms with Crippen LogP contribution in [0.5, 0.6) is 0 Å². The minimum atomic E-state index is -0.938. The highest BCUT2D eigenvalue weighted by atomic mass is 16.3. The van der Waals surface area contributed by atoms with Gasteiger partial charge in [0.1, 0.15) is 0 Å². The molecule has 3 fully saturated rings. The van der Waals surface area contributed by atoms with Gasteiger partial charge in [0.15, 0.2) is 0 Å². The lowest BCUT2D eigenvalue weighted by atomic mass is 9.60. The Bertz CT molecular complexity index is 674. The summed E-state index contributed by atoms with van der Waals surface area (Å²) < 4.78 is 0. The predicted molar refractivity (Wildman–Crippen MR) is 124 cm³/mol. The molecule has 3 aliphatic rings. The molecule has 0 spiro atoms. The average molecular weight is 417 g/mol. The molecule has 0 radical (unpaired) electrons. The fourth-order valence-electron chi connectivity index (χ4n) is 6.69. The average Bonchev–Trinajstić information content (AvgIpc) is 3.06. The van der Waals surface area contributed by atoms with Gasteiger partial charge in [-0.15, -0.1) is 0 Å². The van der Waals surface area contributed by atoms with E-state index in [0.717, 1.165) is 38.0 Å². The van der Waals surface area contributed by atoms with Crippen LogP contribution in [-0.2, 0) is 0 Å². The van der Waals surface area contributed by atoms with Crippen molar-refractivity contribution >= 4 is 0 Å². The highest BCUT2D eigenvalue weighted by Crippen LogP contribution is 2.60. The summed E-state index contributed by atoms with van der Waals surface area (Å²) in [7, 11) is 0. The van der Waals surface area contributed by atoms with Crippen molar-refractivity contribution in [2.45, 2.75) is 103 Å². The highest BCUT2D eigenvalue weighted by Gasteiger charge is 2.50. The molecule has 3 heteroatoms. The van der Waals surface area contributed by atoms with Gasteiger partial charge in [-0.3, -0.25) is 0 Å². The third-order valence-corrected chi connectivity index (χ3v) is 8.63. The molecule has 3 N–H and O–H groups in total. The van der Waals surface area contributed by atoms with E-state index < -0.39 is 5.60 Å². The molecule has 0 amide bonds. The number of aliphatic hydroxyl groups excluding tert-OH is 2. The van der Waals surface area contributed by atoms with Crippen molar-refractivity contribution in [2.24, 2.45) is 23.2 Å². The van der Waals surface area contributed by atoms with Gasteiger partial charge in [-0.25, -0.2) is 0 Å². The largest absolute Gasteiger partial charge is 0.393 e. The first-order chi connectivity index (χ1) is 14.2. The van der Waals surface area contributed by atoms with Crippen molar-refractivity contribution < 1.29 is 15.3 Å². The third-order valence-electron chi connectivity index (χ3n) is 8.63. The molecule has 30 heavy (non-hydrogen) atoms. The number of hydrogen-bond donors (Lipinski definition) is 3. The first-order valence-corrected chi connectivity index (χ1v) is 12.3. The summed E-state index contributed by atoms with van der Waals surface area (Å²) in [5, 5.41) is 29.4. The first-order valence-electron chi connectivity index (χ1n) is 12.3. The van der Waals surface area contributed by atoms with Crippen molar-refractivity contribution in [3.8, 4) is 0 Å². The molecule has 0 aromatic heterocycles. The van der Waals surface area contributed by atoms with E-state index in [4.69, 9.17) is 0 Å². The Morgan fingerprint density at radius 1 is 1.23 bits per heavy atom. The second kappa shape index (κ2) is 9.71. The van der Waals surface area contributed by atoms with E-state index in [2.05, 4.69) is 32.6 Å². The van der Waals surface area contributed by atoms with Crippen molar-refractivity contribution in [2.75, 3.05) is 6.61 Å². The van der Waals surface area contributed by atoms with E-state index in [1.54, 1.807) is 12.5 Å². The van der Waals surface area contributed by atoms with Crippen LogP contribution in [0.2, 0.25) is 0 Å². The maximum absolute atomic E-state index is 10.1. The fraction of sp³-hybridized carbons (Fsp3) is 0.778. The molecule has 3 nitrogen and oxygen atoms in total. The van der Waals surface area contributed by atoms with Crippen LogP contribution >= 0.6 is 0 Å². The van der Waals surface area contributed by atoms with Gasteiger partial charge in [-0.05, 0) is 93.5 Å². The minimum absolute atomic E-state index is 0.155. The van der Waals surface area contributed by atoms with Crippen molar-refractivity contribution in [3.63, 3.8) is 0 Å². The van der Waals surface area contributed by atoms with Crippen LogP contribution in [0.3, 0.4) is 0 Å². The van der Waals surface area contributed by atoms with Crippen LogP contribution in [0, 0.1) is 23.2 Å². The molecule has 170 valence electrons. The number of allylic oxidation sites excluding steroid dienone is 4. The van der Waals surface area contributed by atoms with E-state index in [0.29, 0.717) is 23.7 Å². The zero-order chi connectivity index (χ0) is 21.9. The predicted octanol–water partition coefficient (Wildman–Crippen LogP) is 5.71. The molecule has 3 saturated carbocycles. The number of rotatable bonds is 7. The molecule has 0 heterocycles. The Morgan fingerprint density at radius 3 is 2.73 bits per heavy atom. The monoisotopic (exact) mass is 416 g/mol. The summed E-state index contributed by atoms with van der Waals surface area (Å²) in [6.45, 7) is 10.7. The van der Waals surface area contributed by atoms with Crippen molar-refractivity contribution in [3.05, 3.63) is 35.5 Å². The molecule has 6 atom stereocenters. The van der Waals surface area contributed by atoms with E-state index >= 15 is 0 Å². The molecule has 3 rings (SSSR count). The molecule has 2 unspecified atom stereocenters. The van der Waals surface area contributed by atoms with Gasteiger partial charge >= 0.3 is 0 Å². The Labute approximate surface area is 184 Å². The second-order valence-corrected chi connectivity index (χ2v) is 11.1. The fourth-order valence-corrected chi connectivity index (χ4v) is 6.69. The van der Waals surface area contributed by atoms with Crippen LogP contribution in [0.25, 0.3) is 0 Å². The molecular formula is C27H44O3. The summed E-state index contributed by atoms with van der Waals surface area (Å²) in [6, 6.07) is 0. The zero-order valence-corrected chi connectivity index (χ0v) is 19.5. The Morgan fingerprint density at radius 2 is 2.00 bits per heavy atom. The first kappa shape index (κ1) is 23.8. The molecule has 0 aromatic rings. The maximum Gasteiger partial charge on any atom is 0.0849 e. The van der Waals surface area contributed by atoms with E-state index in [9.17, 15) is 15.3 Å². The lowest BCUT2D eigenvalue weighted by Gasteiger charge is -2.44. The molecular weight excluding hydrogens is 372 g/mol. The normalized spacial score (nSPS) is 37.9. The summed E-state index contributed by atoms with van der Waals surface area (Å²) in [5.74, 6) is 2.07. The van der Waals surface area contributed by atoms with E-state index in [-0.39, 0.29) is 12.7 Å². The molecule has 0 aromatic carbocycles. The lowest BCUT2D eigenvalue weighted by molar-refractivity contribution is -0.00891. The third kappa shape index (κ3) is 5.29. The van der Waals surface area contributed by atoms with E-state index in [1.807, 2.05) is 0 Å². The smallest absolute Gasteiger partial charge is 0.0849 e. The van der Waals surface area contributed by atoms with Crippen LogP contribution in [0.1, 0.15) is 91.4 Å². The van der Waals surface area contributed by atoms with Gasteiger partial charge in [0.25, 0.3) is 0 Å². The Hall–Kier alpha value is -0.900. The van der Waals surface area contributed by atoms with Gasteiger partial charge in [0, 0.05) is 0 Å². The topological polar surface area (TPSA) is 60.7 Å². The van der Waals surface area contributed by atoms with Crippen LogP contribution in [0.4, 0.5) is 0 Å². The van der Waals surface area contributed by atoms with Crippen LogP contribution in [0.15, 0.2) is 35.5 Å². The van der Waals surface area contributed by atoms with Gasteiger partial charge in [-0.1, -0.05) is 56.6 Å². The van der Waals surface area contributed by atoms with Gasteiger partial charge in [0.05, 0.1) is 18.3 Å². The molecule has 3 aliphatic carbocycles. The van der Waals surface area contributed by atoms with Crippen molar-refractivity contribution in [1.29, 1.82) is 0 Å². The van der Waals surface area contributed by atoms with Crippen LogP contribution < -0.4 is 0 Å².